The Balaban J connectivity index is 2.10. The van der Waals surface area contributed by atoms with Crippen LogP contribution in [0, 0.1) is 17.8 Å². The van der Waals surface area contributed by atoms with Gasteiger partial charge in [-0.2, -0.15) is 0 Å². The van der Waals surface area contributed by atoms with Crippen LogP contribution in [-0.2, 0) is 0 Å². The highest BCUT2D eigenvalue weighted by Crippen LogP contribution is 2.48. The van der Waals surface area contributed by atoms with E-state index in [1.165, 1.54) is 37.7 Å². The van der Waals surface area contributed by atoms with Crippen LogP contribution in [0.4, 0.5) is 0 Å². The van der Waals surface area contributed by atoms with Crippen LogP contribution >= 0.6 is 0 Å². The highest BCUT2D eigenvalue weighted by atomic mass is 16.3. The summed E-state index contributed by atoms with van der Waals surface area (Å²) in [6, 6.07) is 0. The Morgan fingerprint density at radius 3 is 2.73 bits per heavy atom. The predicted octanol–water partition coefficient (Wildman–Crippen LogP) is 3.53. The second-order valence-corrected chi connectivity index (χ2v) is 5.97. The minimum atomic E-state index is -0.406. The second kappa shape index (κ2) is 3.93. The molecule has 0 bridgehead atoms. The summed E-state index contributed by atoms with van der Waals surface area (Å²) < 4.78 is 0. The van der Waals surface area contributed by atoms with Crippen LogP contribution in [-0.4, -0.2) is 10.7 Å². The molecule has 1 nitrogen and oxygen atoms in total. The molecule has 1 N–H and O–H groups in total. The molecule has 0 unspecified atom stereocenters. The maximum absolute atomic E-state index is 10.4. The molecular formula is C14H24O. The summed E-state index contributed by atoms with van der Waals surface area (Å²) in [5.41, 5.74) is 0.909. The molecule has 86 valence electrons. The average Bonchev–Trinajstić information content (AvgIpc) is 2.17. The molecule has 0 aromatic heterocycles. The molecule has 2 rings (SSSR count). The Bertz CT molecular complexity index is 254. The fourth-order valence-corrected chi connectivity index (χ4v) is 3.70. The van der Waals surface area contributed by atoms with Crippen molar-refractivity contribution in [2.24, 2.45) is 17.8 Å². The van der Waals surface area contributed by atoms with Gasteiger partial charge in [0.2, 0.25) is 0 Å². The normalized spacial score (nSPS) is 45.9. The lowest BCUT2D eigenvalue weighted by Gasteiger charge is -2.47. The van der Waals surface area contributed by atoms with Crippen molar-refractivity contribution in [1.82, 2.24) is 0 Å². The fourth-order valence-electron chi connectivity index (χ4n) is 3.70. The molecule has 0 aromatic carbocycles. The van der Waals surface area contributed by atoms with E-state index in [0.717, 1.165) is 12.3 Å². The van der Waals surface area contributed by atoms with Gasteiger partial charge in [-0.1, -0.05) is 18.6 Å². The van der Waals surface area contributed by atoms with Crippen molar-refractivity contribution < 1.29 is 5.11 Å². The molecule has 1 heteroatoms. The van der Waals surface area contributed by atoms with E-state index < -0.39 is 5.60 Å². The van der Waals surface area contributed by atoms with Crippen molar-refractivity contribution in [3.05, 3.63) is 12.2 Å². The molecule has 0 amide bonds. The van der Waals surface area contributed by atoms with Gasteiger partial charge in [-0.3, -0.25) is 0 Å². The Morgan fingerprint density at radius 1 is 1.33 bits per heavy atom. The zero-order valence-electron chi connectivity index (χ0n) is 10.1. The van der Waals surface area contributed by atoms with E-state index in [0.29, 0.717) is 11.8 Å². The summed E-state index contributed by atoms with van der Waals surface area (Å²) in [5, 5.41) is 10.4. The second-order valence-electron chi connectivity index (χ2n) is 5.97. The third kappa shape index (κ3) is 2.13. The number of hydrogen-bond donors (Lipinski definition) is 1. The molecule has 0 aromatic rings. The summed E-state index contributed by atoms with van der Waals surface area (Å²) in [6.07, 6.45) is 7.32. The largest absolute Gasteiger partial charge is 0.390 e. The molecule has 0 aliphatic heterocycles. The zero-order valence-corrected chi connectivity index (χ0v) is 10.1. The Morgan fingerprint density at radius 2 is 2.07 bits per heavy atom. The minimum Gasteiger partial charge on any atom is -0.390 e. The number of allylic oxidation sites excluding steroid dienone is 1. The molecule has 2 saturated carbocycles. The van der Waals surface area contributed by atoms with Crippen LogP contribution in [0.25, 0.3) is 0 Å². The van der Waals surface area contributed by atoms with Crippen LogP contribution in [0.2, 0.25) is 0 Å². The molecule has 4 atom stereocenters. The van der Waals surface area contributed by atoms with Gasteiger partial charge in [0.25, 0.3) is 0 Å². The van der Waals surface area contributed by atoms with Gasteiger partial charge >= 0.3 is 0 Å². The summed E-state index contributed by atoms with van der Waals surface area (Å²) >= 11 is 0. The van der Waals surface area contributed by atoms with Gasteiger partial charge < -0.3 is 5.11 Å². The monoisotopic (exact) mass is 208 g/mol. The third-order valence-corrected chi connectivity index (χ3v) is 4.75. The van der Waals surface area contributed by atoms with E-state index >= 15 is 0 Å². The van der Waals surface area contributed by atoms with Crippen molar-refractivity contribution in [1.29, 1.82) is 0 Å². The molecule has 0 heterocycles. The van der Waals surface area contributed by atoms with Crippen molar-refractivity contribution in [3.8, 4) is 0 Å². The number of aliphatic hydroxyl groups is 1. The fraction of sp³-hybridized carbons (Fsp3) is 0.857. The first-order valence-electron chi connectivity index (χ1n) is 6.38. The Kier molecular flexibility index (Phi) is 2.94. The van der Waals surface area contributed by atoms with E-state index in [9.17, 15) is 5.11 Å². The summed E-state index contributed by atoms with van der Waals surface area (Å²) in [4.78, 5) is 0. The molecule has 0 radical (unpaired) electrons. The van der Waals surface area contributed by atoms with E-state index in [2.05, 4.69) is 13.5 Å². The first-order valence-corrected chi connectivity index (χ1v) is 6.38. The topological polar surface area (TPSA) is 20.2 Å². The summed E-state index contributed by atoms with van der Waals surface area (Å²) in [6.45, 7) is 8.27. The quantitative estimate of drug-likeness (QED) is 0.654. The first kappa shape index (κ1) is 11.2. The van der Waals surface area contributed by atoms with Gasteiger partial charge in [0.05, 0.1) is 5.60 Å². The van der Waals surface area contributed by atoms with Gasteiger partial charge in [0.15, 0.2) is 0 Å². The molecule has 2 aliphatic carbocycles. The summed E-state index contributed by atoms with van der Waals surface area (Å²) in [5.74, 6) is 1.97. The van der Waals surface area contributed by atoms with Crippen LogP contribution in [0.5, 0.6) is 0 Å². The molecule has 2 fully saturated rings. The van der Waals surface area contributed by atoms with Gasteiger partial charge in [0, 0.05) is 0 Å². The number of fused-ring (bicyclic) bond motifs is 1. The SMILES string of the molecule is C=C(C)[C@H]1CC[C@@H]2CCC[C@@](C)(O)[C@H]2C1. The number of hydrogen-bond acceptors (Lipinski definition) is 1. The zero-order chi connectivity index (χ0) is 11.1. The van der Waals surface area contributed by atoms with Crippen LogP contribution in [0.1, 0.15) is 52.4 Å². The molecule has 0 saturated heterocycles. The van der Waals surface area contributed by atoms with Crippen molar-refractivity contribution in [2.75, 3.05) is 0 Å². The van der Waals surface area contributed by atoms with Crippen LogP contribution in [0.15, 0.2) is 12.2 Å². The molecule has 0 spiro atoms. The van der Waals surface area contributed by atoms with E-state index in [4.69, 9.17) is 0 Å². The van der Waals surface area contributed by atoms with Gasteiger partial charge in [-0.05, 0) is 63.7 Å². The lowest BCUT2D eigenvalue weighted by atomic mass is 9.60. The van der Waals surface area contributed by atoms with Gasteiger partial charge in [-0.15, -0.1) is 0 Å². The van der Waals surface area contributed by atoms with Crippen molar-refractivity contribution >= 4 is 0 Å². The minimum absolute atomic E-state index is 0.406. The Labute approximate surface area is 93.6 Å². The van der Waals surface area contributed by atoms with Crippen LogP contribution in [0.3, 0.4) is 0 Å². The van der Waals surface area contributed by atoms with E-state index in [1.807, 2.05) is 6.92 Å². The predicted molar refractivity (Wildman–Crippen MR) is 63.6 cm³/mol. The van der Waals surface area contributed by atoms with E-state index in [-0.39, 0.29) is 0 Å². The average molecular weight is 208 g/mol. The maximum atomic E-state index is 10.4. The Hall–Kier alpha value is -0.300. The lowest BCUT2D eigenvalue weighted by Crippen LogP contribution is -2.45. The van der Waals surface area contributed by atoms with Crippen LogP contribution < -0.4 is 0 Å². The lowest BCUT2D eigenvalue weighted by molar-refractivity contribution is -0.0805. The van der Waals surface area contributed by atoms with Gasteiger partial charge in [-0.25, -0.2) is 0 Å². The molecule has 2 aliphatic rings. The summed E-state index contributed by atoms with van der Waals surface area (Å²) in [7, 11) is 0. The standard InChI is InChI=1S/C14H24O/c1-10(2)12-7-6-11-5-4-8-14(3,15)13(11)9-12/h11-13,15H,1,4-9H2,2-3H3/t11-,12-,13-,14+/m0/s1. The first-order chi connectivity index (χ1) is 7.00. The van der Waals surface area contributed by atoms with Crippen molar-refractivity contribution in [2.45, 2.75) is 58.0 Å². The highest BCUT2D eigenvalue weighted by Gasteiger charge is 2.43. The third-order valence-electron chi connectivity index (χ3n) is 4.75. The smallest absolute Gasteiger partial charge is 0.0650 e. The van der Waals surface area contributed by atoms with Crippen molar-refractivity contribution in [3.63, 3.8) is 0 Å². The van der Waals surface area contributed by atoms with Gasteiger partial charge in [0.1, 0.15) is 0 Å². The molecule has 15 heavy (non-hydrogen) atoms. The van der Waals surface area contributed by atoms with E-state index in [1.54, 1.807) is 0 Å². The maximum Gasteiger partial charge on any atom is 0.0650 e. The molecular weight excluding hydrogens is 184 g/mol. The number of rotatable bonds is 1. The highest BCUT2D eigenvalue weighted by molar-refractivity contribution is 5.03.